The van der Waals surface area contributed by atoms with E-state index in [4.69, 9.17) is 5.73 Å². The molecule has 1 rings (SSSR count). The number of nitrogens with zero attached hydrogens (tertiary/aromatic N) is 1. The zero-order valence-electron chi connectivity index (χ0n) is 7.52. The van der Waals surface area contributed by atoms with Gasteiger partial charge < -0.3 is 10.5 Å². The SMILES string of the molecule is Nc1cccc(OCC(F)F)c1[N+](=O)[O-]. The molecule has 0 saturated carbocycles. The van der Waals surface area contributed by atoms with Crippen molar-refractivity contribution in [3.63, 3.8) is 0 Å². The molecule has 0 aliphatic carbocycles. The average molecular weight is 218 g/mol. The maximum atomic E-state index is 11.8. The van der Waals surface area contributed by atoms with Crippen LogP contribution in [0.4, 0.5) is 20.2 Å². The molecule has 0 aliphatic heterocycles. The van der Waals surface area contributed by atoms with Crippen molar-refractivity contribution >= 4 is 11.4 Å². The largest absolute Gasteiger partial charge is 0.481 e. The molecule has 0 heterocycles. The third-order valence-corrected chi connectivity index (χ3v) is 1.58. The van der Waals surface area contributed by atoms with E-state index in [0.29, 0.717) is 0 Å². The maximum absolute atomic E-state index is 11.8. The summed E-state index contributed by atoms with van der Waals surface area (Å²) in [6.45, 7) is -0.899. The Kier molecular flexibility index (Phi) is 3.37. The zero-order valence-corrected chi connectivity index (χ0v) is 7.52. The lowest BCUT2D eigenvalue weighted by molar-refractivity contribution is -0.385. The summed E-state index contributed by atoms with van der Waals surface area (Å²) >= 11 is 0. The van der Waals surface area contributed by atoms with Crippen LogP contribution in [-0.2, 0) is 0 Å². The summed E-state index contributed by atoms with van der Waals surface area (Å²) in [5.41, 5.74) is 4.71. The minimum atomic E-state index is -2.69. The van der Waals surface area contributed by atoms with E-state index in [1.54, 1.807) is 0 Å². The number of para-hydroxylation sites is 1. The predicted octanol–water partition coefficient (Wildman–Crippen LogP) is 1.82. The second-order valence-corrected chi connectivity index (χ2v) is 2.65. The highest BCUT2D eigenvalue weighted by atomic mass is 19.3. The van der Waals surface area contributed by atoms with Gasteiger partial charge in [0, 0.05) is 0 Å². The van der Waals surface area contributed by atoms with Gasteiger partial charge in [0.15, 0.2) is 5.75 Å². The zero-order chi connectivity index (χ0) is 11.4. The van der Waals surface area contributed by atoms with Crippen LogP contribution in [0.5, 0.6) is 5.75 Å². The highest BCUT2D eigenvalue weighted by Gasteiger charge is 2.19. The summed E-state index contributed by atoms with van der Waals surface area (Å²) in [5, 5.41) is 10.5. The number of alkyl halides is 2. The first-order chi connectivity index (χ1) is 7.02. The maximum Gasteiger partial charge on any atom is 0.333 e. The van der Waals surface area contributed by atoms with Crippen LogP contribution in [0.1, 0.15) is 0 Å². The summed E-state index contributed by atoms with van der Waals surface area (Å²) in [6.07, 6.45) is -2.69. The van der Waals surface area contributed by atoms with Crippen molar-refractivity contribution in [2.24, 2.45) is 0 Å². The van der Waals surface area contributed by atoms with Crippen molar-refractivity contribution in [2.75, 3.05) is 12.3 Å². The van der Waals surface area contributed by atoms with E-state index < -0.39 is 23.6 Å². The van der Waals surface area contributed by atoms with Crippen molar-refractivity contribution in [3.8, 4) is 5.75 Å². The molecule has 1 aromatic rings. The smallest absolute Gasteiger partial charge is 0.333 e. The van der Waals surface area contributed by atoms with E-state index in [1.165, 1.54) is 18.2 Å². The number of halogens is 2. The summed E-state index contributed by atoms with van der Waals surface area (Å²) < 4.78 is 28.2. The molecule has 0 radical (unpaired) electrons. The van der Waals surface area contributed by atoms with Gasteiger partial charge in [-0.1, -0.05) is 6.07 Å². The molecule has 0 fully saturated rings. The molecule has 0 bridgehead atoms. The Bertz CT molecular complexity index is 371. The summed E-state index contributed by atoms with van der Waals surface area (Å²) in [4.78, 5) is 9.78. The van der Waals surface area contributed by atoms with E-state index in [1.807, 2.05) is 0 Å². The first-order valence-corrected chi connectivity index (χ1v) is 3.96. The Morgan fingerprint density at radius 3 is 2.73 bits per heavy atom. The molecule has 0 amide bonds. The second-order valence-electron chi connectivity index (χ2n) is 2.65. The van der Waals surface area contributed by atoms with Crippen molar-refractivity contribution in [3.05, 3.63) is 28.3 Å². The van der Waals surface area contributed by atoms with E-state index >= 15 is 0 Å². The number of hydrogen-bond donors (Lipinski definition) is 1. The fourth-order valence-electron chi connectivity index (χ4n) is 1.00. The van der Waals surface area contributed by atoms with Gasteiger partial charge in [0.2, 0.25) is 0 Å². The highest BCUT2D eigenvalue weighted by molar-refractivity contribution is 5.65. The van der Waals surface area contributed by atoms with E-state index in [-0.39, 0.29) is 11.4 Å². The van der Waals surface area contributed by atoms with E-state index in [9.17, 15) is 18.9 Å². The molecule has 1 aromatic carbocycles. The Hall–Kier alpha value is -1.92. The van der Waals surface area contributed by atoms with Crippen LogP contribution in [0.15, 0.2) is 18.2 Å². The molecular formula is C8H8F2N2O3. The second kappa shape index (κ2) is 4.54. The summed E-state index contributed by atoms with van der Waals surface area (Å²) in [5.74, 6) is -0.250. The highest BCUT2D eigenvalue weighted by Crippen LogP contribution is 2.32. The quantitative estimate of drug-likeness (QED) is 0.475. The van der Waals surface area contributed by atoms with Crippen LogP contribution in [0, 0.1) is 10.1 Å². The van der Waals surface area contributed by atoms with Crippen LogP contribution in [0.25, 0.3) is 0 Å². The van der Waals surface area contributed by atoms with Crippen LogP contribution >= 0.6 is 0 Å². The van der Waals surface area contributed by atoms with Gasteiger partial charge in [0.1, 0.15) is 12.3 Å². The number of benzene rings is 1. The third-order valence-electron chi connectivity index (χ3n) is 1.58. The summed E-state index contributed by atoms with van der Waals surface area (Å²) in [7, 11) is 0. The van der Waals surface area contributed by atoms with Crippen molar-refractivity contribution < 1.29 is 18.4 Å². The number of nitro groups is 1. The van der Waals surface area contributed by atoms with Crippen LogP contribution < -0.4 is 10.5 Å². The van der Waals surface area contributed by atoms with Crippen LogP contribution in [-0.4, -0.2) is 18.0 Å². The molecule has 0 unspecified atom stereocenters. The van der Waals surface area contributed by atoms with Crippen molar-refractivity contribution in [1.29, 1.82) is 0 Å². The van der Waals surface area contributed by atoms with Crippen molar-refractivity contribution in [1.82, 2.24) is 0 Å². The fraction of sp³-hybridized carbons (Fsp3) is 0.250. The van der Waals surface area contributed by atoms with Gasteiger partial charge in [-0.15, -0.1) is 0 Å². The van der Waals surface area contributed by atoms with Crippen LogP contribution in [0.3, 0.4) is 0 Å². The van der Waals surface area contributed by atoms with Gasteiger partial charge in [-0.25, -0.2) is 8.78 Å². The third kappa shape index (κ3) is 2.76. The Morgan fingerprint density at radius 2 is 2.20 bits per heavy atom. The first-order valence-electron chi connectivity index (χ1n) is 3.96. The average Bonchev–Trinajstić information content (AvgIpc) is 2.13. The summed E-state index contributed by atoms with van der Waals surface area (Å²) in [6, 6.07) is 3.91. The molecule has 0 saturated heterocycles. The van der Waals surface area contributed by atoms with Crippen LogP contribution in [0.2, 0.25) is 0 Å². The van der Waals surface area contributed by atoms with Gasteiger partial charge in [0.05, 0.1) is 4.92 Å². The number of nitrogens with two attached hydrogens (primary N) is 1. The number of hydrogen-bond acceptors (Lipinski definition) is 4. The van der Waals surface area contributed by atoms with Gasteiger partial charge in [-0.05, 0) is 12.1 Å². The Morgan fingerprint density at radius 1 is 1.53 bits per heavy atom. The fourth-order valence-corrected chi connectivity index (χ4v) is 1.00. The Balaban J connectivity index is 2.96. The number of nitro benzene ring substituents is 1. The predicted molar refractivity (Wildman–Crippen MR) is 49.0 cm³/mol. The molecule has 7 heteroatoms. The first kappa shape index (κ1) is 11.2. The Labute approximate surface area is 83.6 Å². The molecule has 0 aliphatic rings. The lowest BCUT2D eigenvalue weighted by atomic mass is 10.2. The minimum Gasteiger partial charge on any atom is -0.481 e. The molecule has 82 valence electrons. The van der Waals surface area contributed by atoms with Gasteiger partial charge in [-0.2, -0.15) is 0 Å². The molecule has 0 spiro atoms. The molecule has 5 nitrogen and oxygen atoms in total. The van der Waals surface area contributed by atoms with Gasteiger partial charge in [0.25, 0.3) is 6.43 Å². The van der Waals surface area contributed by atoms with Crippen molar-refractivity contribution in [2.45, 2.75) is 6.43 Å². The number of nitrogen functional groups attached to an aromatic ring is 1. The normalized spacial score (nSPS) is 10.3. The topological polar surface area (TPSA) is 78.4 Å². The van der Waals surface area contributed by atoms with E-state index in [0.717, 1.165) is 0 Å². The lowest BCUT2D eigenvalue weighted by Crippen LogP contribution is -2.09. The number of rotatable bonds is 4. The number of ether oxygens (including phenoxy) is 1. The molecule has 0 aromatic heterocycles. The van der Waals surface area contributed by atoms with Gasteiger partial charge in [-0.3, -0.25) is 10.1 Å². The van der Waals surface area contributed by atoms with Gasteiger partial charge >= 0.3 is 5.69 Å². The molecule has 0 atom stereocenters. The number of anilines is 1. The molecule has 15 heavy (non-hydrogen) atoms. The standard InChI is InChI=1S/C8H8F2N2O3/c9-7(10)4-15-6-3-1-2-5(11)8(6)12(13)14/h1-3,7H,4,11H2. The molecular weight excluding hydrogens is 210 g/mol. The monoisotopic (exact) mass is 218 g/mol. The van der Waals surface area contributed by atoms with E-state index in [2.05, 4.69) is 4.74 Å². The molecule has 2 N–H and O–H groups in total. The minimum absolute atomic E-state index is 0.119. The lowest BCUT2D eigenvalue weighted by Gasteiger charge is -2.06.